The van der Waals surface area contributed by atoms with E-state index in [1.165, 1.54) is 12.1 Å². The van der Waals surface area contributed by atoms with Gasteiger partial charge in [0.15, 0.2) is 0 Å². The van der Waals surface area contributed by atoms with Crippen molar-refractivity contribution in [3.8, 4) is 17.5 Å². The van der Waals surface area contributed by atoms with Gasteiger partial charge in [0.25, 0.3) is 5.91 Å². The first kappa shape index (κ1) is 17.9. The Kier molecular flexibility index (Phi) is 4.85. The third-order valence-corrected chi connectivity index (χ3v) is 4.92. The molecule has 1 amide bonds. The van der Waals surface area contributed by atoms with Crippen molar-refractivity contribution >= 4 is 5.91 Å². The predicted octanol–water partition coefficient (Wildman–Crippen LogP) is 3.77. The van der Waals surface area contributed by atoms with Crippen LogP contribution in [0.1, 0.15) is 40.6 Å². The number of piperidine rings is 1. The van der Waals surface area contributed by atoms with Crippen LogP contribution in [0, 0.1) is 17.1 Å². The molecule has 140 valence electrons. The van der Waals surface area contributed by atoms with Gasteiger partial charge >= 0.3 is 0 Å². The summed E-state index contributed by atoms with van der Waals surface area (Å²) in [5.74, 6) is 0.644. The van der Waals surface area contributed by atoms with E-state index in [0.717, 1.165) is 12.8 Å². The molecule has 0 unspecified atom stereocenters. The molecular weight excluding hydrogens is 359 g/mol. The van der Waals surface area contributed by atoms with Gasteiger partial charge in [-0.3, -0.25) is 4.79 Å². The van der Waals surface area contributed by atoms with Gasteiger partial charge in [0, 0.05) is 30.1 Å². The molecule has 0 aliphatic carbocycles. The predicted molar refractivity (Wildman–Crippen MR) is 98.7 cm³/mol. The van der Waals surface area contributed by atoms with E-state index in [2.05, 4.69) is 10.2 Å². The molecule has 2 heterocycles. The molecule has 0 radical (unpaired) electrons. The molecule has 1 aromatic heterocycles. The molecule has 0 spiro atoms. The number of halogens is 1. The zero-order chi connectivity index (χ0) is 19.5. The molecule has 0 atom stereocenters. The fraction of sp³-hybridized carbons (Fsp3) is 0.238. The zero-order valence-corrected chi connectivity index (χ0v) is 15.0. The van der Waals surface area contributed by atoms with Gasteiger partial charge in [-0.15, -0.1) is 10.2 Å². The summed E-state index contributed by atoms with van der Waals surface area (Å²) in [6, 6.07) is 14.6. The van der Waals surface area contributed by atoms with Gasteiger partial charge in [-0.25, -0.2) is 4.39 Å². The molecular formula is C21H17FN4O2. The fourth-order valence-corrected chi connectivity index (χ4v) is 3.31. The Labute approximate surface area is 161 Å². The molecule has 1 aliphatic rings. The van der Waals surface area contributed by atoms with E-state index in [1.54, 1.807) is 41.3 Å². The zero-order valence-electron chi connectivity index (χ0n) is 15.0. The molecule has 4 rings (SSSR count). The van der Waals surface area contributed by atoms with E-state index in [1.807, 2.05) is 6.07 Å². The smallest absolute Gasteiger partial charge is 0.253 e. The average Bonchev–Trinajstić information content (AvgIpc) is 3.24. The van der Waals surface area contributed by atoms with Crippen molar-refractivity contribution in [1.29, 1.82) is 5.26 Å². The Balaban J connectivity index is 1.39. The number of hydrogen-bond acceptors (Lipinski definition) is 5. The highest BCUT2D eigenvalue weighted by atomic mass is 19.1. The highest BCUT2D eigenvalue weighted by Crippen LogP contribution is 2.30. The Morgan fingerprint density at radius 3 is 2.39 bits per heavy atom. The van der Waals surface area contributed by atoms with Crippen LogP contribution in [0.3, 0.4) is 0 Å². The minimum absolute atomic E-state index is 0.0412. The van der Waals surface area contributed by atoms with Crippen molar-refractivity contribution in [2.45, 2.75) is 18.8 Å². The molecule has 2 aromatic carbocycles. The van der Waals surface area contributed by atoms with Crippen molar-refractivity contribution < 1.29 is 13.6 Å². The van der Waals surface area contributed by atoms with Crippen molar-refractivity contribution in [2.75, 3.05) is 13.1 Å². The summed E-state index contributed by atoms with van der Waals surface area (Å²) in [4.78, 5) is 14.4. The summed E-state index contributed by atoms with van der Waals surface area (Å²) < 4.78 is 18.8. The van der Waals surface area contributed by atoms with Crippen LogP contribution in [0.25, 0.3) is 11.5 Å². The standard InChI is InChI=1S/C21H17FN4O2/c22-18-7-5-15(6-8-18)19-24-25-20(28-19)16-9-11-26(12-10-16)21(27)17-3-1-14(13-23)2-4-17/h1-8,16H,9-12H2. The number of nitrogens with zero attached hydrogens (tertiary/aromatic N) is 4. The van der Waals surface area contributed by atoms with Gasteiger partial charge in [-0.1, -0.05) is 0 Å². The third kappa shape index (κ3) is 3.62. The molecule has 0 N–H and O–H groups in total. The summed E-state index contributed by atoms with van der Waals surface area (Å²) >= 11 is 0. The highest BCUT2D eigenvalue weighted by Gasteiger charge is 2.28. The molecule has 1 aliphatic heterocycles. The number of carbonyl (C=O) groups is 1. The fourth-order valence-electron chi connectivity index (χ4n) is 3.31. The van der Waals surface area contributed by atoms with E-state index in [-0.39, 0.29) is 17.6 Å². The number of aromatic nitrogens is 2. The van der Waals surface area contributed by atoms with Gasteiger partial charge in [-0.05, 0) is 61.4 Å². The first-order valence-electron chi connectivity index (χ1n) is 9.03. The first-order valence-corrected chi connectivity index (χ1v) is 9.03. The lowest BCUT2D eigenvalue weighted by Gasteiger charge is -2.30. The van der Waals surface area contributed by atoms with Crippen LogP contribution in [0.4, 0.5) is 4.39 Å². The monoisotopic (exact) mass is 376 g/mol. The molecule has 0 saturated carbocycles. The number of rotatable bonds is 3. The quantitative estimate of drug-likeness (QED) is 0.695. The Hall–Kier alpha value is -3.53. The number of likely N-dealkylation sites (tertiary alicyclic amines) is 1. The number of nitriles is 1. The van der Waals surface area contributed by atoms with E-state index >= 15 is 0 Å². The van der Waals surface area contributed by atoms with E-state index in [9.17, 15) is 9.18 Å². The molecule has 6 nitrogen and oxygen atoms in total. The maximum atomic E-state index is 13.0. The van der Waals surface area contributed by atoms with Gasteiger partial charge in [0.2, 0.25) is 11.8 Å². The summed E-state index contributed by atoms with van der Waals surface area (Å²) in [5, 5.41) is 17.1. The minimum Gasteiger partial charge on any atom is -0.420 e. The maximum absolute atomic E-state index is 13.0. The second-order valence-electron chi connectivity index (χ2n) is 6.71. The topological polar surface area (TPSA) is 83.0 Å². The molecule has 0 bridgehead atoms. The van der Waals surface area contributed by atoms with Crippen LogP contribution in [-0.4, -0.2) is 34.1 Å². The third-order valence-electron chi connectivity index (χ3n) is 4.92. The molecule has 1 fully saturated rings. The summed E-state index contributed by atoms with van der Waals surface area (Å²) in [6.45, 7) is 1.19. The number of hydrogen-bond donors (Lipinski definition) is 0. The van der Waals surface area contributed by atoms with Crippen LogP contribution in [-0.2, 0) is 0 Å². The van der Waals surface area contributed by atoms with Crippen LogP contribution in [0.15, 0.2) is 52.9 Å². The SMILES string of the molecule is N#Cc1ccc(C(=O)N2CCC(c3nnc(-c4ccc(F)cc4)o3)CC2)cc1. The molecule has 7 heteroatoms. The van der Waals surface area contributed by atoms with Crippen molar-refractivity contribution in [2.24, 2.45) is 0 Å². The summed E-state index contributed by atoms with van der Waals surface area (Å²) in [7, 11) is 0. The normalized spacial score (nSPS) is 14.6. The Bertz CT molecular complexity index is 1010. The highest BCUT2D eigenvalue weighted by molar-refractivity contribution is 5.94. The van der Waals surface area contributed by atoms with Crippen LogP contribution in [0.5, 0.6) is 0 Å². The average molecular weight is 376 g/mol. The van der Waals surface area contributed by atoms with E-state index in [0.29, 0.717) is 41.6 Å². The molecule has 3 aromatic rings. The van der Waals surface area contributed by atoms with Crippen LogP contribution >= 0.6 is 0 Å². The molecule has 1 saturated heterocycles. The second kappa shape index (κ2) is 7.61. The number of carbonyl (C=O) groups excluding carboxylic acids is 1. The summed E-state index contributed by atoms with van der Waals surface area (Å²) in [5.41, 5.74) is 1.78. The van der Waals surface area contributed by atoms with Gasteiger partial charge in [0.05, 0.1) is 11.6 Å². The van der Waals surface area contributed by atoms with Gasteiger partial charge < -0.3 is 9.32 Å². The minimum atomic E-state index is -0.317. The van der Waals surface area contributed by atoms with Crippen molar-refractivity contribution in [1.82, 2.24) is 15.1 Å². The van der Waals surface area contributed by atoms with Gasteiger partial charge in [-0.2, -0.15) is 5.26 Å². The van der Waals surface area contributed by atoms with Crippen LogP contribution in [0.2, 0.25) is 0 Å². The van der Waals surface area contributed by atoms with Crippen LogP contribution < -0.4 is 0 Å². The number of benzene rings is 2. The largest absolute Gasteiger partial charge is 0.420 e. The van der Waals surface area contributed by atoms with E-state index < -0.39 is 0 Å². The lowest BCUT2D eigenvalue weighted by molar-refractivity contribution is 0.0706. The second-order valence-corrected chi connectivity index (χ2v) is 6.71. The first-order chi connectivity index (χ1) is 13.6. The van der Waals surface area contributed by atoms with Crippen molar-refractivity contribution in [3.05, 3.63) is 71.4 Å². The lowest BCUT2D eigenvalue weighted by Crippen LogP contribution is -2.38. The van der Waals surface area contributed by atoms with Gasteiger partial charge in [0.1, 0.15) is 5.82 Å². The molecule has 28 heavy (non-hydrogen) atoms. The van der Waals surface area contributed by atoms with E-state index in [4.69, 9.17) is 9.68 Å². The summed E-state index contributed by atoms with van der Waals surface area (Å²) in [6.07, 6.45) is 1.46. The lowest BCUT2D eigenvalue weighted by atomic mass is 9.96. The Morgan fingerprint density at radius 2 is 1.75 bits per heavy atom. The number of amides is 1. The Morgan fingerprint density at radius 1 is 1.07 bits per heavy atom. The van der Waals surface area contributed by atoms with Crippen molar-refractivity contribution in [3.63, 3.8) is 0 Å². The maximum Gasteiger partial charge on any atom is 0.253 e.